The van der Waals surface area contributed by atoms with Crippen LogP contribution >= 0.6 is 0 Å². The van der Waals surface area contributed by atoms with E-state index in [0.29, 0.717) is 31.0 Å². The van der Waals surface area contributed by atoms with Crippen LogP contribution in [0.3, 0.4) is 0 Å². The first kappa shape index (κ1) is 16.9. The van der Waals surface area contributed by atoms with Gasteiger partial charge < -0.3 is 14.7 Å². The highest BCUT2D eigenvalue weighted by atomic mass is 16.5. The van der Waals surface area contributed by atoms with Crippen LogP contribution in [0.15, 0.2) is 18.3 Å². The second-order valence-electron chi connectivity index (χ2n) is 4.88. The van der Waals surface area contributed by atoms with Crippen molar-refractivity contribution in [3.63, 3.8) is 0 Å². The summed E-state index contributed by atoms with van der Waals surface area (Å²) in [6.07, 6.45) is 2.20. The fourth-order valence-electron chi connectivity index (χ4n) is 2.00. The maximum atomic E-state index is 12.0. The number of esters is 1. The Balaban J connectivity index is 2.97. The third-order valence-corrected chi connectivity index (χ3v) is 2.97. The summed E-state index contributed by atoms with van der Waals surface area (Å²) < 4.78 is 5.04. The number of carbonyl (C=O) groups is 2. The number of pyridine rings is 1. The van der Waals surface area contributed by atoms with E-state index in [2.05, 4.69) is 4.98 Å². The average Bonchev–Trinajstić information content (AvgIpc) is 2.43. The molecule has 21 heavy (non-hydrogen) atoms. The second-order valence-corrected chi connectivity index (χ2v) is 4.88. The molecule has 0 aliphatic carbocycles. The molecule has 1 rings (SSSR count). The molecule has 0 bridgehead atoms. The molecule has 0 spiro atoms. The summed E-state index contributed by atoms with van der Waals surface area (Å²) in [7, 11) is 0. The third kappa shape index (κ3) is 5.06. The molecule has 0 radical (unpaired) electrons. The predicted octanol–water partition coefficient (Wildman–Crippen LogP) is 2.34. The number of hydrogen-bond donors (Lipinski definition) is 1. The van der Waals surface area contributed by atoms with Crippen LogP contribution in [0.1, 0.15) is 44.0 Å². The van der Waals surface area contributed by atoms with Gasteiger partial charge in [-0.3, -0.25) is 4.79 Å². The van der Waals surface area contributed by atoms with Crippen molar-refractivity contribution in [3.8, 4) is 0 Å². The summed E-state index contributed by atoms with van der Waals surface area (Å²) in [5, 5.41) is 8.74. The van der Waals surface area contributed by atoms with Gasteiger partial charge in [0, 0.05) is 25.2 Å². The highest BCUT2D eigenvalue weighted by molar-refractivity contribution is 5.94. The monoisotopic (exact) mass is 294 g/mol. The van der Waals surface area contributed by atoms with Gasteiger partial charge in [0.15, 0.2) is 0 Å². The number of hydrogen-bond acceptors (Lipinski definition) is 5. The molecule has 0 aliphatic rings. The van der Waals surface area contributed by atoms with Crippen LogP contribution in [-0.2, 0) is 9.53 Å². The van der Waals surface area contributed by atoms with E-state index in [0.717, 1.165) is 0 Å². The minimum atomic E-state index is -0.828. The van der Waals surface area contributed by atoms with Crippen molar-refractivity contribution in [2.75, 3.05) is 18.1 Å². The van der Waals surface area contributed by atoms with E-state index in [1.807, 2.05) is 18.7 Å². The summed E-state index contributed by atoms with van der Waals surface area (Å²) in [4.78, 5) is 28.8. The number of rotatable bonds is 8. The summed E-state index contributed by atoms with van der Waals surface area (Å²) in [6, 6.07) is 3.46. The van der Waals surface area contributed by atoms with Gasteiger partial charge in [-0.2, -0.15) is 0 Å². The first-order valence-corrected chi connectivity index (χ1v) is 7.08. The second kappa shape index (κ2) is 8.24. The van der Waals surface area contributed by atoms with Gasteiger partial charge in [0.2, 0.25) is 0 Å². The number of carboxylic acids is 1. The molecule has 0 aliphatic heterocycles. The molecule has 0 atom stereocenters. The van der Waals surface area contributed by atoms with Crippen molar-refractivity contribution in [1.82, 2.24) is 4.98 Å². The number of carboxylic acid groups (broad SMARTS) is 1. The number of aromatic nitrogens is 1. The smallest absolute Gasteiger partial charge is 0.341 e. The molecule has 6 heteroatoms. The number of nitrogens with zero attached hydrogens (tertiary/aromatic N) is 2. The van der Waals surface area contributed by atoms with E-state index in [9.17, 15) is 9.59 Å². The molecular weight excluding hydrogens is 272 g/mol. The molecule has 1 heterocycles. The van der Waals surface area contributed by atoms with Gasteiger partial charge >= 0.3 is 11.9 Å². The van der Waals surface area contributed by atoms with Gasteiger partial charge in [-0.25, -0.2) is 9.78 Å². The van der Waals surface area contributed by atoms with Crippen molar-refractivity contribution in [3.05, 3.63) is 23.9 Å². The fourth-order valence-corrected chi connectivity index (χ4v) is 2.00. The van der Waals surface area contributed by atoms with Crippen LogP contribution in [0.5, 0.6) is 0 Å². The molecule has 0 saturated carbocycles. The molecule has 0 amide bonds. The van der Waals surface area contributed by atoms with Gasteiger partial charge in [0.25, 0.3) is 0 Å². The molecule has 1 aromatic rings. The van der Waals surface area contributed by atoms with Gasteiger partial charge in [-0.15, -0.1) is 0 Å². The van der Waals surface area contributed by atoms with Crippen LogP contribution in [0.4, 0.5) is 5.82 Å². The fraction of sp³-hybridized carbons (Fsp3) is 0.533. The highest BCUT2D eigenvalue weighted by Gasteiger charge is 2.20. The Hall–Kier alpha value is -2.11. The Kier molecular flexibility index (Phi) is 6.65. The highest BCUT2D eigenvalue weighted by Crippen LogP contribution is 2.21. The standard InChI is InChI=1S/C15H22N2O4/c1-4-21-15(20)12-7-5-9-16-14(12)17(11(2)3)10-6-8-13(18)19/h5,7,9,11H,4,6,8,10H2,1-3H3,(H,18,19). The van der Waals surface area contributed by atoms with Crippen LogP contribution in [0.2, 0.25) is 0 Å². The lowest BCUT2D eigenvalue weighted by atomic mass is 10.2. The molecule has 0 unspecified atom stereocenters. The van der Waals surface area contributed by atoms with Crippen molar-refractivity contribution in [1.29, 1.82) is 0 Å². The topological polar surface area (TPSA) is 79.7 Å². The summed E-state index contributed by atoms with van der Waals surface area (Å²) in [6.45, 7) is 6.52. The van der Waals surface area contributed by atoms with E-state index >= 15 is 0 Å². The Morgan fingerprint density at radius 1 is 1.43 bits per heavy atom. The van der Waals surface area contributed by atoms with Crippen LogP contribution in [0, 0.1) is 0 Å². The summed E-state index contributed by atoms with van der Waals surface area (Å²) in [5.74, 6) is -0.703. The summed E-state index contributed by atoms with van der Waals surface area (Å²) >= 11 is 0. The van der Waals surface area contributed by atoms with Crippen LogP contribution in [-0.4, -0.2) is 41.2 Å². The Bertz CT molecular complexity index is 488. The average molecular weight is 294 g/mol. The summed E-state index contributed by atoms with van der Waals surface area (Å²) in [5.41, 5.74) is 0.406. The SMILES string of the molecule is CCOC(=O)c1cccnc1N(CCCC(=O)O)C(C)C. The third-order valence-electron chi connectivity index (χ3n) is 2.97. The van der Waals surface area contributed by atoms with E-state index in [1.54, 1.807) is 25.3 Å². The van der Waals surface area contributed by atoms with Crippen LogP contribution in [0.25, 0.3) is 0 Å². The van der Waals surface area contributed by atoms with Crippen molar-refractivity contribution in [2.45, 2.75) is 39.7 Å². The Morgan fingerprint density at radius 3 is 2.71 bits per heavy atom. The van der Waals surface area contributed by atoms with E-state index < -0.39 is 11.9 Å². The minimum Gasteiger partial charge on any atom is -0.481 e. The molecule has 1 aromatic heterocycles. The van der Waals surface area contributed by atoms with E-state index in [-0.39, 0.29) is 12.5 Å². The Morgan fingerprint density at radius 2 is 2.14 bits per heavy atom. The maximum Gasteiger partial charge on any atom is 0.341 e. The normalized spacial score (nSPS) is 10.5. The first-order chi connectivity index (χ1) is 9.97. The molecule has 0 aromatic carbocycles. The Labute approximate surface area is 124 Å². The molecule has 116 valence electrons. The quantitative estimate of drug-likeness (QED) is 0.741. The number of carbonyl (C=O) groups excluding carboxylic acids is 1. The number of aliphatic carboxylic acids is 1. The molecule has 1 N–H and O–H groups in total. The zero-order chi connectivity index (χ0) is 15.8. The molecule has 0 saturated heterocycles. The predicted molar refractivity (Wildman–Crippen MR) is 79.5 cm³/mol. The lowest BCUT2D eigenvalue weighted by molar-refractivity contribution is -0.137. The maximum absolute atomic E-state index is 12.0. The molecule has 6 nitrogen and oxygen atoms in total. The van der Waals surface area contributed by atoms with Crippen molar-refractivity contribution in [2.24, 2.45) is 0 Å². The van der Waals surface area contributed by atoms with Gasteiger partial charge in [-0.1, -0.05) is 0 Å². The van der Waals surface area contributed by atoms with Gasteiger partial charge in [0.1, 0.15) is 11.4 Å². The largest absolute Gasteiger partial charge is 0.481 e. The zero-order valence-corrected chi connectivity index (χ0v) is 12.7. The van der Waals surface area contributed by atoms with Gasteiger partial charge in [0.05, 0.1) is 6.61 Å². The van der Waals surface area contributed by atoms with Crippen molar-refractivity contribution >= 4 is 17.8 Å². The lowest BCUT2D eigenvalue weighted by Gasteiger charge is -2.29. The zero-order valence-electron chi connectivity index (χ0n) is 12.7. The number of ether oxygens (including phenoxy) is 1. The van der Waals surface area contributed by atoms with Crippen molar-refractivity contribution < 1.29 is 19.4 Å². The lowest BCUT2D eigenvalue weighted by Crippen LogP contribution is -2.34. The molecule has 0 fully saturated rings. The van der Waals surface area contributed by atoms with Crippen LogP contribution < -0.4 is 4.90 Å². The molecular formula is C15H22N2O4. The minimum absolute atomic E-state index is 0.0881. The van der Waals surface area contributed by atoms with E-state index in [1.165, 1.54) is 0 Å². The number of anilines is 1. The first-order valence-electron chi connectivity index (χ1n) is 7.08. The van der Waals surface area contributed by atoms with Gasteiger partial charge in [-0.05, 0) is 39.3 Å². The van der Waals surface area contributed by atoms with E-state index in [4.69, 9.17) is 9.84 Å².